The summed E-state index contributed by atoms with van der Waals surface area (Å²) in [5.41, 5.74) is 3.00. The average molecular weight is 384 g/mol. The lowest BCUT2D eigenvalue weighted by Gasteiger charge is -2.10. The molecule has 1 heterocycles. The molecule has 0 unspecified atom stereocenters. The quantitative estimate of drug-likeness (QED) is 0.651. The van der Waals surface area contributed by atoms with E-state index in [1.54, 1.807) is 25.3 Å². The van der Waals surface area contributed by atoms with Crippen molar-refractivity contribution in [3.8, 4) is 17.0 Å². The molecule has 0 aliphatic heterocycles. The van der Waals surface area contributed by atoms with Crippen LogP contribution in [-0.2, 0) is 15.8 Å². The van der Waals surface area contributed by atoms with E-state index in [2.05, 4.69) is 20.0 Å². The monoisotopic (exact) mass is 384 g/mol. The first kappa shape index (κ1) is 18.8. The maximum atomic E-state index is 11.7. The first-order valence-corrected chi connectivity index (χ1v) is 9.88. The summed E-state index contributed by atoms with van der Waals surface area (Å²) in [5.74, 6) is 1.23. The lowest BCUT2D eigenvalue weighted by molar-refractivity contribution is 0.416. The Morgan fingerprint density at radius 3 is 2.63 bits per heavy atom. The minimum Gasteiger partial charge on any atom is -0.496 e. The molecule has 0 amide bonds. The first-order valence-electron chi connectivity index (χ1n) is 8.23. The molecule has 0 fully saturated rings. The molecule has 140 valence electrons. The van der Waals surface area contributed by atoms with Crippen molar-refractivity contribution in [2.45, 2.75) is 5.75 Å². The van der Waals surface area contributed by atoms with Crippen LogP contribution in [-0.4, -0.2) is 32.5 Å². The van der Waals surface area contributed by atoms with Gasteiger partial charge in [-0.3, -0.25) is 0 Å². The van der Waals surface area contributed by atoms with E-state index >= 15 is 0 Å². The number of hydrogen-bond acceptors (Lipinski definition) is 6. The lowest BCUT2D eigenvalue weighted by atomic mass is 10.1. The molecular formula is C19H20N4O3S. The van der Waals surface area contributed by atoms with Gasteiger partial charge < -0.3 is 10.1 Å². The summed E-state index contributed by atoms with van der Waals surface area (Å²) in [6.07, 6.45) is 1.47. The summed E-state index contributed by atoms with van der Waals surface area (Å²) in [6.45, 7) is 0. The highest BCUT2D eigenvalue weighted by Gasteiger charge is 2.10. The van der Waals surface area contributed by atoms with Crippen LogP contribution in [0, 0.1) is 0 Å². The number of nitrogens with one attached hydrogen (secondary N) is 2. The molecule has 0 aliphatic rings. The molecule has 1 aromatic heterocycles. The normalized spacial score (nSPS) is 11.2. The van der Waals surface area contributed by atoms with Crippen LogP contribution in [0.5, 0.6) is 5.75 Å². The van der Waals surface area contributed by atoms with Crippen molar-refractivity contribution in [1.82, 2.24) is 14.7 Å². The molecule has 0 atom stereocenters. The topological polar surface area (TPSA) is 93.2 Å². The molecule has 0 aliphatic carbocycles. The third-order valence-electron chi connectivity index (χ3n) is 3.92. The summed E-state index contributed by atoms with van der Waals surface area (Å²) in [5, 5.41) is 3.19. The highest BCUT2D eigenvalue weighted by molar-refractivity contribution is 7.88. The number of nitrogens with zero attached hydrogens (tertiary/aromatic N) is 2. The molecule has 2 N–H and O–H groups in total. The van der Waals surface area contributed by atoms with Crippen molar-refractivity contribution in [3.63, 3.8) is 0 Å². The Bertz CT molecular complexity index is 1040. The Balaban J connectivity index is 1.85. The van der Waals surface area contributed by atoms with Crippen LogP contribution in [0.2, 0.25) is 0 Å². The second-order valence-corrected chi connectivity index (χ2v) is 7.70. The third-order valence-corrected chi connectivity index (χ3v) is 5.25. The van der Waals surface area contributed by atoms with Gasteiger partial charge in [0.2, 0.25) is 10.0 Å². The van der Waals surface area contributed by atoms with E-state index in [1.807, 2.05) is 36.4 Å². The van der Waals surface area contributed by atoms with E-state index in [9.17, 15) is 8.42 Å². The number of sulfonamides is 1. The average Bonchev–Trinajstić information content (AvgIpc) is 2.68. The fourth-order valence-electron chi connectivity index (χ4n) is 2.61. The number of methoxy groups -OCH3 is 1. The van der Waals surface area contributed by atoms with Crippen molar-refractivity contribution in [2.24, 2.45) is 0 Å². The van der Waals surface area contributed by atoms with Crippen molar-refractivity contribution < 1.29 is 13.2 Å². The van der Waals surface area contributed by atoms with Gasteiger partial charge in [-0.2, -0.15) is 0 Å². The van der Waals surface area contributed by atoms with Crippen LogP contribution in [0.1, 0.15) is 5.56 Å². The number of para-hydroxylation sites is 1. The zero-order chi connectivity index (χ0) is 19.3. The largest absolute Gasteiger partial charge is 0.496 e. The van der Waals surface area contributed by atoms with Gasteiger partial charge in [-0.15, -0.1) is 0 Å². The smallest absolute Gasteiger partial charge is 0.215 e. The standard InChI is InChI=1S/C19H20N4O3S/c1-20-27(24,25)12-14-6-5-7-15(10-14)23-19-11-17(21-13-22-19)16-8-3-4-9-18(16)26-2/h3-11,13,20H,12H2,1-2H3,(H,21,22,23). The Morgan fingerprint density at radius 2 is 1.85 bits per heavy atom. The maximum Gasteiger partial charge on any atom is 0.215 e. The van der Waals surface area contributed by atoms with Crippen molar-refractivity contribution in [3.05, 3.63) is 66.5 Å². The number of ether oxygens (including phenoxy) is 1. The van der Waals surface area contributed by atoms with Gasteiger partial charge in [0, 0.05) is 17.3 Å². The van der Waals surface area contributed by atoms with Crippen LogP contribution in [0.3, 0.4) is 0 Å². The van der Waals surface area contributed by atoms with E-state index < -0.39 is 10.0 Å². The van der Waals surface area contributed by atoms with Gasteiger partial charge in [0.1, 0.15) is 17.9 Å². The van der Waals surface area contributed by atoms with E-state index in [-0.39, 0.29) is 5.75 Å². The molecule has 2 aromatic carbocycles. The molecule has 0 saturated carbocycles. The van der Waals surface area contributed by atoms with Gasteiger partial charge in [0.05, 0.1) is 18.6 Å². The predicted molar refractivity (Wildman–Crippen MR) is 105 cm³/mol. The zero-order valence-corrected chi connectivity index (χ0v) is 15.8. The number of aromatic nitrogens is 2. The fraction of sp³-hybridized carbons (Fsp3) is 0.158. The second kappa shape index (κ2) is 8.15. The molecule has 0 bridgehead atoms. The molecule has 3 aromatic rings. The number of rotatable bonds is 7. The molecule has 27 heavy (non-hydrogen) atoms. The summed E-state index contributed by atoms with van der Waals surface area (Å²) >= 11 is 0. The molecular weight excluding hydrogens is 364 g/mol. The minimum atomic E-state index is -3.33. The Hall–Kier alpha value is -2.97. The van der Waals surface area contributed by atoms with E-state index in [4.69, 9.17) is 4.74 Å². The minimum absolute atomic E-state index is 0.0880. The molecule has 0 saturated heterocycles. The van der Waals surface area contributed by atoms with Crippen LogP contribution in [0.4, 0.5) is 11.5 Å². The van der Waals surface area contributed by atoms with Crippen molar-refractivity contribution >= 4 is 21.5 Å². The van der Waals surface area contributed by atoms with Crippen LogP contribution >= 0.6 is 0 Å². The lowest BCUT2D eigenvalue weighted by Crippen LogP contribution is -2.20. The third kappa shape index (κ3) is 4.81. The van der Waals surface area contributed by atoms with Crippen molar-refractivity contribution in [2.75, 3.05) is 19.5 Å². The molecule has 0 radical (unpaired) electrons. The fourth-order valence-corrected chi connectivity index (χ4v) is 3.37. The predicted octanol–water partition coefficient (Wildman–Crippen LogP) is 2.95. The van der Waals surface area contributed by atoms with Gasteiger partial charge in [-0.1, -0.05) is 24.3 Å². The zero-order valence-electron chi connectivity index (χ0n) is 15.0. The van der Waals surface area contributed by atoms with Gasteiger partial charge in [-0.25, -0.2) is 23.1 Å². The highest BCUT2D eigenvalue weighted by Crippen LogP contribution is 2.29. The van der Waals surface area contributed by atoms with Gasteiger partial charge in [-0.05, 0) is 36.9 Å². The molecule has 3 rings (SSSR count). The Kier molecular flexibility index (Phi) is 5.68. The van der Waals surface area contributed by atoms with Gasteiger partial charge >= 0.3 is 0 Å². The van der Waals surface area contributed by atoms with Crippen LogP contribution in [0.15, 0.2) is 60.9 Å². The second-order valence-electron chi connectivity index (χ2n) is 5.78. The number of hydrogen-bond donors (Lipinski definition) is 2. The van der Waals surface area contributed by atoms with E-state index in [0.29, 0.717) is 11.4 Å². The van der Waals surface area contributed by atoms with Gasteiger partial charge in [0.25, 0.3) is 0 Å². The highest BCUT2D eigenvalue weighted by atomic mass is 32.2. The molecule has 8 heteroatoms. The van der Waals surface area contributed by atoms with E-state index in [1.165, 1.54) is 13.4 Å². The summed E-state index contributed by atoms with van der Waals surface area (Å²) in [4.78, 5) is 8.56. The Morgan fingerprint density at radius 1 is 1.04 bits per heavy atom. The molecule has 7 nitrogen and oxygen atoms in total. The number of benzene rings is 2. The van der Waals surface area contributed by atoms with Crippen LogP contribution < -0.4 is 14.8 Å². The summed E-state index contributed by atoms with van der Waals surface area (Å²) in [6, 6.07) is 16.6. The van der Waals surface area contributed by atoms with E-state index in [0.717, 1.165) is 22.7 Å². The van der Waals surface area contributed by atoms with Crippen molar-refractivity contribution in [1.29, 1.82) is 0 Å². The summed E-state index contributed by atoms with van der Waals surface area (Å²) in [7, 11) is -0.314. The molecule has 0 spiro atoms. The maximum absolute atomic E-state index is 11.7. The first-order chi connectivity index (χ1) is 13.0. The Labute approximate surface area is 158 Å². The SMILES string of the molecule is CNS(=O)(=O)Cc1cccc(Nc2cc(-c3ccccc3OC)ncn2)c1. The number of anilines is 2. The van der Waals surface area contributed by atoms with Crippen LogP contribution in [0.25, 0.3) is 11.3 Å². The summed E-state index contributed by atoms with van der Waals surface area (Å²) < 4.78 is 31.2. The van der Waals surface area contributed by atoms with Gasteiger partial charge in [0.15, 0.2) is 0 Å².